The van der Waals surface area contributed by atoms with Gasteiger partial charge in [0.05, 0.1) is 28.2 Å². The number of aromatic amines is 1. The Morgan fingerprint density at radius 1 is 1.31 bits per heavy atom. The Morgan fingerprint density at radius 2 is 2.08 bits per heavy atom. The highest BCUT2D eigenvalue weighted by atomic mass is 32.2. The Labute approximate surface area is 149 Å². The number of fused-ring (bicyclic) bond motifs is 1. The molecule has 0 spiro atoms. The molecule has 3 rings (SSSR count). The molecule has 2 N–H and O–H groups in total. The summed E-state index contributed by atoms with van der Waals surface area (Å²) in [4.78, 5) is 5.67. The lowest BCUT2D eigenvalue weighted by atomic mass is 10.1. The van der Waals surface area contributed by atoms with Gasteiger partial charge in [-0.2, -0.15) is 5.26 Å². The first-order valence-corrected chi connectivity index (χ1v) is 9.08. The van der Waals surface area contributed by atoms with Gasteiger partial charge in [-0.05, 0) is 35.7 Å². The molecule has 0 radical (unpaired) electrons. The normalized spacial score (nSPS) is 10.9. The van der Waals surface area contributed by atoms with E-state index >= 15 is 0 Å². The molecule has 8 nitrogen and oxygen atoms in total. The maximum atomic E-state index is 12.9. The smallest absolute Gasteiger partial charge is 0.262 e. The number of azide groups is 1. The van der Waals surface area contributed by atoms with E-state index in [1.165, 1.54) is 6.07 Å². The number of sulfonamides is 1. The Morgan fingerprint density at radius 3 is 2.81 bits per heavy atom. The molecule has 3 aromatic rings. The summed E-state index contributed by atoms with van der Waals surface area (Å²) in [6.07, 6.45) is 1.55. The first-order valence-electron chi connectivity index (χ1n) is 7.60. The number of rotatable bonds is 5. The van der Waals surface area contributed by atoms with Crippen LogP contribution >= 0.6 is 0 Å². The second-order valence-electron chi connectivity index (χ2n) is 5.60. The van der Waals surface area contributed by atoms with E-state index < -0.39 is 10.0 Å². The van der Waals surface area contributed by atoms with Gasteiger partial charge in [0.2, 0.25) is 0 Å². The molecule has 0 aliphatic rings. The average molecular weight is 366 g/mol. The third kappa shape index (κ3) is 3.07. The van der Waals surface area contributed by atoms with Crippen LogP contribution in [-0.2, 0) is 16.6 Å². The molecule has 0 bridgehead atoms. The highest BCUT2D eigenvalue weighted by Crippen LogP contribution is 2.30. The molecule has 0 aliphatic carbocycles. The molecule has 2 aromatic carbocycles. The van der Waals surface area contributed by atoms with Crippen LogP contribution in [0.15, 0.2) is 52.6 Å². The minimum Gasteiger partial charge on any atom is -0.358 e. The molecule has 9 heteroatoms. The number of nitrogens with one attached hydrogen (secondary N) is 2. The monoisotopic (exact) mass is 366 g/mol. The predicted octanol–water partition coefficient (Wildman–Crippen LogP) is 3.96. The molecule has 1 heterocycles. The summed E-state index contributed by atoms with van der Waals surface area (Å²) in [6, 6.07) is 11.8. The van der Waals surface area contributed by atoms with Crippen LogP contribution in [-0.4, -0.2) is 13.4 Å². The molecule has 0 saturated carbocycles. The fraction of sp³-hybridized carbons (Fsp3) is 0.118. The lowest BCUT2D eigenvalue weighted by molar-refractivity contribution is 0.600. The van der Waals surface area contributed by atoms with Gasteiger partial charge in [-0.25, -0.2) is 8.42 Å². The number of aryl methyl sites for hydroxylation is 1. The van der Waals surface area contributed by atoms with Crippen LogP contribution in [0.2, 0.25) is 0 Å². The number of hydrogen-bond acceptors (Lipinski definition) is 4. The van der Waals surface area contributed by atoms with Crippen molar-refractivity contribution in [2.75, 3.05) is 4.72 Å². The first kappa shape index (κ1) is 17.4. The zero-order chi connectivity index (χ0) is 18.7. The molecule has 0 unspecified atom stereocenters. The van der Waals surface area contributed by atoms with E-state index in [1.54, 1.807) is 36.5 Å². The molecule has 26 heavy (non-hydrogen) atoms. The van der Waals surface area contributed by atoms with Crippen LogP contribution in [0.1, 0.15) is 16.7 Å². The van der Waals surface area contributed by atoms with Gasteiger partial charge in [-0.3, -0.25) is 4.72 Å². The summed E-state index contributed by atoms with van der Waals surface area (Å²) in [5, 5.41) is 13.3. The maximum Gasteiger partial charge on any atom is 0.262 e. The van der Waals surface area contributed by atoms with Crippen molar-refractivity contribution >= 4 is 26.6 Å². The molecule has 0 aliphatic heterocycles. The fourth-order valence-corrected chi connectivity index (χ4v) is 4.10. The average Bonchev–Trinajstić information content (AvgIpc) is 3.08. The van der Waals surface area contributed by atoms with Gasteiger partial charge in [0.1, 0.15) is 6.07 Å². The number of aromatic nitrogens is 1. The van der Waals surface area contributed by atoms with Gasteiger partial charge in [-0.15, -0.1) is 0 Å². The van der Waals surface area contributed by atoms with Crippen LogP contribution < -0.4 is 4.72 Å². The highest BCUT2D eigenvalue weighted by Gasteiger charge is 2.20. The lowest BCUT2D eigenvalue weighted by Gasteiger charge is -2.12. The molecule has 0 saturated heterocycles. The Hall–Kier alpha value is -3.47. The van der Waals surface area contributed by atoms with Gasteiger partial charge >= 0.3 is 0 Å². The van der Waals surface area contributed by atoms with Crippen molar-refractivity contribution in [3.05, 3.63) is 69.7 Å². The molecule has 0 fully saturated rings. The van der Waals surface area contributed by atoms with Crippen molar-refractivity contribution in [1.29, 1.82) is 5.26 Å². The van der Waals surface area contributed by atoms with E-state index in [0.717, 1.165) is 5.56 Å². The molecule has 0 atom stereocenters. The first-order chi connectivity index (χ1) is 12.5. The zero-order valence-electron chi connectivity index (χ0n) is 13.8. The van der Waals surface area contributed by atoms with Crippen molar-refractivity contribution in [2.24, 2.45) is 5.11 Å². The molecule has 1 aromatic heterocycles. The van der Waals surface area contributed by atoms with Gasteiger partial charge in [0.15, 0.2) is 0 Å². The number of nitriles is 1. The summed E-state index contributed by atoms with van der Waals surface area (Å²) in [5.41, 5.74) is 11.1. The third-order valence-corrected chi connectivity index (χ3v) is 5.44. The summed E-state index contributed by atoms with van der Waals surface area (Å²) in [6.45, 7) is 1.78. The van der Waals surface area contributed by atoms with Gasteiger partial charge < -0.3 is 4.98 Å². The number of nitrogens with zero attached hydrogens (tertiary/aromatic N) is 4. The second-order valence-corrected chi connectivity index (χ2v) is 7.25. The quantitative estimate of drug-likeness (QED) is 0.402. The molecule has 130 valence electrons. The molecular formula is C17H14N6O2S. The summed E-state index contributed by atoms with van der Waals surface area (Å²) in [5.74, 6) is 0. The standard InChI is InChI=1S/C17H14N6O2S/c1-11-6-7-14(17-16(11)13(8-18)9-20-17)22-26(24,25)15-5-3-2-4-12(15)10-21-23-19/h2-7,9,20,22H,10H2,1H3. The largest absolute Gasteiger partial charge is 0.358 e. The Balaban J connectivity index is 2.09. The summed E-state index contributed by atoms with van der Waals surface area (Å²) >= 11 is 0. The number of benzene rings is 2. The van der Waals surface area contributed by atoms with Crippen LogP contribution in [0.5, 0.6) is 0 Å². The maximum absolute atomic E-state index is 12.9. The van der Waals surface area contributed by atoms with Crippen molar-refractivity contribution in [3.63, 3.8) is 0 Å². The SMILES string of the molecule is Cc1ccc(NS(=O)(=O)c2ccccc2CN=[N+]=[N-])c2[nH]cc(C#N)c12. The summed E-state index contributed by atoms with van der Waals surface area (Å²) in [7, 11) is -3.91. The molecule has 0 amide bonds. The van der Waals surface area contributed by atoms with Crippen molar-refractivity contribution in [3.8, 4) is 6.07 Å². The number of anilines is 1. The molecular weight excluding hydrogens is 352 g/mol. The fourth-order valence-electron chi connectivity index (χ4n) is 2.80. The van der Waals surface area contributed by atoms with Crippen molar-refractivity contribution in [1.82, 2.24) is 4.98 Å². The summed E-state index contributed by atoms with van der Waals surface area (Å²) < 4.78 is 28.3. The van der Waals surface area contributed by atoms with E-state index in [4.69, 9.17) is 5.53 Å². The highest BCUT2D eigenvalue weighted by molar-refractivity contribution is 7.92. The lowest BCUT2D eigenvalue weighted by Crippen LogP contribution is -2.15. The second kappa shape index (κ2) is 6.80. The predicted molar refractivity (Wildman–Crippen MR) is 97.9 cm³/mol. The Kier molecular flexibility index (Phi) is 4.54. The van der Waals surface area contributed by atoms with E-state index in [2.05, 4.69) is 25.8 Å². The van der Waals surface area contributed by atoms with Crippen LogP contribution in [0, 0.1) is 18.3 Å². The third-order valence-electron chi connectivity index (χ3n) is 3.98. The van der Waals surface area contributed by atoms with E-state index in [9.17, 15) is 13.7 Å². The van der Waals surface area contributed by atoms with Gasteiger partial charge in [0.25, 0.3) is 10.0 Å². The minimum absolute atomic E-state index is 0.0354. The van der Waals surface area contributed by atoms with Crippen LogP contribution in [0.25, 0.3) is 21.3 Å². The van der Waals surface area contributed by atoms with E-state index in [1.807, 2.05) is 6.92 Å². The van der Waals surface area contributed by atoms with Crippen molar-refractivity contribution < 1.29 is 8.42 Å². The van der Waals surface area contributed by atoms with E-state index in [0.29, 0.717) is 27.7 Å². The van der Waals surface area contributed by atoms with Gasteiger partial charge in [0, 0.05) is 16.5 Å². The minimum atomic E-state index is -3.91. The van der Waals surface area contributed by atoms with E-state index in [-0.39, 0.29) is 11.4 Å². The number of hydrogen-bond donors (Lipinski definition) is 2. The van der Waals surface area contributed by atoms with Crippen LogP contribution in [0.4, 0.5) is 5.69 Å². The van der Waals surface area contributed by atoms with Crippen molar-refractivity contribution in [2.45, 2.75) is 18.4 Å². The topological polar surface area (TPSA) is 135 Å². The Bertz CT molecular complexity index is 1180. The van der Waals surface area contributed by atoms with Crippen LogP contribution in [0.3, 0.4) is 0 Å². The number of H-pyrrole nitrogens is 1. The van der Waals surface area contributed by atoms with Gasteiger partial charge in [-0.1, -0.05) is 29.4 Å². The zero-order valence-corrected chi connectivity index (χ0v) is 14.6.